The van der Waals surface area contributed by atoms with Crippen LogP contribution in [0.3, 0.4) is 0 Å². The van der Waals surface area contributed by atoms with E-state index in [1.54, 1.807) is 24.3 Å². The number of carbonyl (C=O) groups excluding carboxylic acids is 2. The standard InChI is InChI=1S/C22H22FNO5/c1-3-29-17-10-6-15(7-11-17)20(25)18-19(14-4-8-16(23)9-5-14)24(12-13-28-2)22(27)21(18)26/h4-11,19,25H,3,12-13H2,1-2H3/b20-18+/t19-/m0/s1. The summed E-state index contributed by atoms with van der Waals surface area (Å²) in [5, 5.41) is 10.9. The quantitative estimate of drug-likeness (QED) is 0.439. The van der Waals surface area contributed by atoms with Crippen LogP contribution in [0, 0.1) is 5.82 Å². The highest BCUT2D eigenvalue weighted by molar-refractivity contribution is 6.46. The van der Waals surface area contributed by atoms with Crippen molar-refractivity contribution < 1.29 is 28.6 Å². The lowest BCUT2D eigenvalue weighted by molar-refractivity contribution is -0.140. The van der Waals surface area contributed by atoms with Gasteiger partial charge >= 0.3 is 0 Å². The lowest BCUT2D eigenvalue weighted by Crippen LogP contribution is -2.32. The van der Waals surface area contributed by atoms with Crippen molar-refractivity contribution in [1.29, 1.82) is 0 Å². The number of amides is 1. The monoisotopic (exact) mass is 399 g/mol. The van der Waals surface area contributed by atoms with Gasteiger partial charge in [0.15, 0.2) is 0 Å². The Morgan fingerprint density at radius 3 is 2.34 bits per heavy atom. The summed E-state index contributed by atoms with van der Waals surface area (Å²) in [6.45, 7) is 2.73. The van der Waals surface area contributed by atoms with E-state index in [9.17, 15) is 19.1 Å². The van der Waals surface area contributed by atoms with Crippen molar-refractivity contribution in [3.8, 4) is 5.75 Å². The Kier molecular flexibility index (Phi) is 6.29. The highest BCUT2D eigenvalue weighted by Gasteiger charge is 2.45. The van der Waals surface area contributed by atoms with Crippen LogP contribution in [-0.2, 0) is 14.3 Å². The van der Waals surface area contributed by atoms with Gasteiger partial charge < -0.3 is 19.5 Å². The average molecular weight is 399 g/mol. The molecule has 152 valence electrons. The number of halogens is 1. The van der Waals surface area contributed by atoms with Crippen molar-refractivity contribution >= 4 is 17.4 Å². The van der Waals surface area contributed by atoms with Crippen molar-refractivity contribution in [2.75, 3.05) is 26.9 Å². The minimum atomic E-state index is -0.836. The van der Waals surface area contributed by atoms with Gasteiger partial charge in [0.05, 0.1) is 24.8 Å². The van der Waals surface area contributed by atoms with E-state index in [0.29, 0.717) is 23.5 Å². The number of Topliss-reactive ketones (excluding diaryl/α,β-unsaturated/α-hetero) is 1. The van der Waals surface area contributed by atoms with Gasteiger partial charge in [-0.2, -0.15) is 0 Å². The van der Waals surface area contributed by atoms with Gasteiger partial charge in [-0.05, 0) is 48.9 Å². The van der Waals surface area contributed by atoms with Gasteiger partial charge in [-0.1, -0.05) is 12.1 Å². The molecule has 1 amide bonds. The number of ether oxygens (including phenoxy) is 2. The van der Waals surface area contributed by atoms with Gasteiger partial charge in [0.1, 0.15) is 17.3 Å². The lowest BCUT2D eigenvalue weighted by Gasteiger charge is -2.25. The van der Waals surface area contributed by atoms with E-state index in [-0.39, 0.29) is 24.5 Å². The maximum Gasteiger partial charge on any atom is 0.295 e. The summed E-state index contributed by atoms with van der Waals surface area (Å²) >= 11 is 0. The number of methoxy groups -OCH3 is 1. The normalized spacial score (nSPS) is 18.3. The molecule has 1 aliphatic rings. The molecule has 0 saturated carbocycles. The summed E-state index contributed by atoms with van der Waals surface area (Å²) in [5.74, 6) is -1.62. The molecule has 1 heterocycles. The molecule has 1 aliphatic heterocycles. The molecule has 0 bridgehead atoms. The third-order valence-corrected chi connectivity index (χ3v) is 4.70. The number of hydrogen-bond acceptors (Lipinski definition) is 5. The molecule has 1 N–H and O–H groups in total. The second-order valence-electron chi connectivity index (χ2n) is 6.49. The fourth-order valence-electron chi connectivity index (χ4n) is 3.32. The van der Waals surface area contributed by atoms with Crippen LogP contribution < -0.4 is 4.74 Å². The zero-order valence-electron chi connectivity index (χ0n) is 16.2. The van der Waals surface area contributed by atoms with Crippen LogP contribution in [0.1, 0.15) is 24.1 Å². The smallest absolute Gasteiger partial charge is 0.295 e. The predicted molar refractivity (Wildman–Crippen MR) is 105 cm³/mol. The zero-order valence-corrected chi connectivity index (χ0v) is 16.2. The van der Waals surface area contributed by atoms with Crippen molar-refractivity contribution in [3.63, 3.8) is 0 Å². The van der Waals surface area contributed by atoms with Crippen molar-refractivity contribution in [3.05, 3.63) is 71.0 Å². The van der Waals surface area contributed by atoms with Crippen LogP contribution in [0.5, 0.6) is 5.75 Å². The molecule has 0 spiro atoms. The van der Waals surface area contributed by atoms with Crippen LogP contribution in [0.2, 0.25) is 0 Å². The Morgan fingerprint density at radius 1 is 1.10 bits per heavy atom. The number of carbonyl (C=O) groups is 2. The third kappa shape index (κ3) is 4.14. The Hall–Kier alpha value is -3.19. The fourth-order valence-corrected chi connectivity index (χ4v) is 3.32. The minimum Gasteiger partial charge on any atom is -0.507 e. The molecule has 0 aromatic heterocycles. The molecule has 3 rings (SSSR count). The van der Waals surface area contributed by atoms with E-state index >= 15 is 0 Å². The molecule has 1 fully saturated rings. The third-order valence-electron chi connectivity index (χ3n) is 4.70. The van der Waals surface area contributed by atoms with E-state index in [1.165, 1.54) is 36.3 Å². The van der Waals surface area contributed by atoms with Crippen LogP contribution in [0.4, 0.5) is 4.39 Å². The number of rotatable bonds is 7. The molecule has 6 nitrogen and oxygen atoms in total. The molecule has 0 unspecified atom stereocenters. The van der Waals surface area contributed by atoms with Gasteiger partial charge in [0.25, 0.3) is 11.7 Å². The minimum absolute atomic E-state index is 0.0399. The van der Waals surface area contributed by atoms with Gasteiger partial charge in [-0.3, -0.25) is 9.59 Å². The molecule has 1 saturated heterocycles. The molecule has 2 aromatic rings. The number of aliphatic hydroxyl groups excluding tert-OH is 1. The van der Waals surface area contributed by atoms with Crippen molar-refractivity contribution in [1.82, 2.24) is 4.90 Å². The van der Waals surface area contributed by atoms with E-state index in [2.05, 4.69) is 0 Å². The molecule has 0 radical (unpaired) electrons. The van der Waals surface area contributed by atoms with Gasteiger partial charge in [0, 0.05) is 19.2 Å². The second-order valence-corrected chi connectivity index (χ2v) is 6.49. The molecule has 0 aliphatic carbocycles. The van der Waals surface area contributed by atoms with E-state index in [1.807, 2.05) is 6.92 Å². The first-order chi connectivity index (χ1) is 14.0. The molecule has 1 atom stereocenters. The maximum absolute atomic E-state index is 13.4. The molecule has 29 heavy (non-hydrogen) atoms. The molecule has 2 aromatic carbocycles. The van der Waals surface area contributed by atoms with E-state index in [0.717, 1.165) is 0 Å². The Bertz CT molecular complexity index is 921. The highest BCUT2D eigenvalue weighted by atomic mass is 19.1. The van der Waals surface area contributed by atoms with E-state index < -0.39 is 23.5 Å². The van der Waals surface area contributed by atoms with Crippen LogP contribution >= 0.6 is 0 Å². The van der Waals surface area contributed by atoms with Crippen molar-refractivity contribution in [2.45, 2.75) is 13.0 Å². The molecular formula is C22H22FNO5. The summed E-state index contributed by atoms with van der Waals surface area (Å²) in [6, 6.07) is 11.2. The Morgan fingerprint density at radius 2 is 1.76 bits per heavy atom. The van der Waals surface area contributed by atoms with Crippen LogP contribution in [-0.4, -0.2) is 48.6 Å². The predicted octanol–water partition coefficient (Wildman–Crippen LogP) is 3.29. The lowest BCUT2D eigenvalue weighted by atomic mass is 9.95. The first-order valence-corrected chi connectivity index (χ1v) is 9.24. The highest BCUT2D eigenvalue weighted by Crippen LogP contribution is 2.39. The van der Waals surface area contributed by atoms with E-state index in [4.69, 9.17) is 9.47 Å². The number of ketones is 1. The largest absolute Gasteiger partial charge is 0.507 e. The topological polar surface area (TPSA) is 76.1 Å². The summed E-state index contributed by atoms with van der Waals surface area (Å²) < 4.78 is 23.8. The Balaban J connectivity index is 2.09. The number of nitrogens with zero attached hydrogens (tertiary/aromatic N) is 1. The van der Waals surface area contributed by atoms with Gasteiger partial charge in [0.2, 0.25) is 0 Å². The molecular weight excluding hydrogens is 377 g/mol. The average Bonchev–Trinajstić information content (AvgIpc) is 2.98. The Labute approximate surface area is 168 Å². The fraction of sp³-hybridized carbons (Fsp3) is 0.273. The summed E-state index contributed by atoms with van der Waals surface area (Å²) in [6.07, 6.45) is 0. The van der Waals surface area contributed by atoms with Crippen LogP contribution in [0.15, 0.2) is 54.1 Å². The van der Waals surface area contributed by atoms with Crippen molar-refractivity contribution in [2.24, 2.45) is 0 Å². The summed E-state index contributed by atoms with van der Waals surface area (Å²) in [7, 11) is 1.49. The van der Waals surface area contributed by atoms with Gasteiger partial charge in [-0.15, -0.1) is 0 Å². The molecule has 7 heteroatoms. The SMILES string of the molecule is CCOc1ccc(/C(O)=C2\C(=O)C(=O)N(CCOC)[C@H]2c2ccc(F)cc2)cc1. The first kappa shape index (κ1) is 20.5. The number of hydrogen-bond donors (Lipinski definition) is 1. The number of likely N-dealkylation sites (tertiary alicyclic amines) is 1. The summed E-state index contributed by atoms with van der Waals surface area (Å²) in [4.78, 5) is 26.7. The first-order valence-electron chi connectivity index (χ1n) is 9.24. The zero-order chi connectivity index (χ0) is 21.0. The maximum atomic E-state index is 13.4. The number of aliphatic hydroxyl groups is 1. The second kappa shape index (κ2) is 8.87. The van der Waals surface area contributed by atoms with Gasteiger partial charge in [-0.25, -0.2) is 4.39 Å². The number of benzene rings is 2. The summed E-state index contributed by atoms with van der Waals surface area (Å²) in [5.41, 5.74) is 0.862. The van der Waals surface area contributed by atoms with Crippen LogP contribution in [0.25, 0.3) is 5.76 Å².